The fraction of sp³-hybridized carbons (Fsp3) is 0.273. The maximum absolute atomic E-state index is 12.8. The van der Waals surface area contributed by atoms with Crippen LogP contribution in [0.5, 0.6) is 0 Å². The second-order valence-corrected chi connectivity index (χ2v) is 7.95. The van der Waals surface area contributed by atoms with Gasteiger partial charge in [-0.05, 0) is 36.8 Å². The van der Waals surface area contributed by atoms with Crippen LogP contribution in [0, 0.1) is 12.8 Å². The van der Waals surface area contributed by atoms with E-state index in [1.165, 1.54) is 0 Å². The van der Waals surface area contributed by atoms with Crippen LogP contribution in [0.3, 0.4) is 0 Å². The Morgan fingerprint density at radius 3 is 2.52 bits per heavy atom. The van der Waals surface area contributed by atoms with Crippen LogP contribution in [0.4, 0.5) is 0 Å². The molecule has 1 unspecified atom stereocenters. The first-order valence-electron chi connectivity index (χ1n) is 9.21. The van der Waals surface area contributed by atoms with Gasteiger partial charge in [-0.3, -0.25) is 14.2 Å². The molecule has 138 valence electrons. The minimum atomic E-state index is -0.121. The van der Waals surface area contributed by atoms with E-state index in [-0.39, 0.29) is 23.4 Å². The van der Waals surface area contributed by atoms with Gasteiger partial charge in [-0.1, -0.05) is 71.5 Å². The summed E-state index contributed by atoms with van der Waals surface area (Å²) >= 11 is 1.13. The van der Waals surface area contributed by atoms with Crippen LogP contribution in [-0.2, 0) is 11.3 Å². The number of hydrogen-bond donors (Lipinski definition) is 1. The van der Waals surface area contributed by atoms with Crippen molar-refractivity contribution in [3.63, 3.8) is 0 Å². The van der Waals surface area contributed by atoms with Crippen LogP contribution < -0.4 is 10.2 Å². The lowest BCUT2D eigenvalue weighted by molar-refractivity contribution is -0.122. The van der Waals surface area contributed by atoms with E-state index in [0.717, 1.165) is 46.6 Å². The van der Waals surface area contributed by atoms with Crippen LogP contribution in [0.1, 0.15) is 30.0 Å². The Hall–Kier alpha value is -2.66. The molecule has 1 amide bonds. The number of benzene rings is 2. The largest absolute Gasteiger partial charge is 0.347 e. The van der Waals surface area contributed by atoms with Gasteiger partial charge in [0, 0.05) is 5.38 Å². The number of amides is 1. The maximum atomic E-state index is 12.8. The summed E-state index contributed by atoms with van der Waals surface area (Å²) in [6, 6.07) is 18.1. The number of aromatic nitrogens is 1. The number of rotatable bonds is 6. The Morgan fingerprint density at radius 2 is 1.85 bits per heavy atom. The fourth-order valence-corrected chi connectivity index (χ4v) is 4.12. The van der Waals surface area contributed by atoms with E-state index in [1.54, 1.807) is 4.57 Å². The average Bonchev–Trinajstić information content (AvgIpc) is 3.46. The predicted octanol–water partition coefficient (Wildman–Crippen LogP) is 4.15. The first kappa shape index (κ1) is 17.7. The number of carbonyl (C=O) groups excluding carboxylic acids is 1. The lowest BCUT2D eigenvalue weighted by Crippen LogP contribution is -2.34. The Balaban J connectivity index is 1.54. The Kier molecular flexibility index (Phi) is 4.94. The predicted molar refractivity (Wildman–Crippen MR) is 109 cm³/mol. The van der Waals surface area contributed by atoms with Crippen molar-refractivity contribution in [1.29, 1.82) is 0 Å². The molecule has 1 heterocycles. The first-order valence-corrected chi connectivity index (χ1v) is 10.1. The minimum Gasteiger partial charge on any atom is -0.347 e. The summed E-state index contributed by atoms with van der Waals surface area (Å²) in [5, 5.41) is 4.98. The molecular weight excluding hydrogens is 356 g/mol. The fourth-order valence-electron chi connectivity index (χ4n) is 3.36. The van der Waals surface area contributed by atoms with Gasteiger partial charge in [0.25, 0.3) is 0 Å². The zero-order valence-electron chi connectivity index (χ0n) is 15.2. The molecule has 3 aromatic rings. The van der Waals surface area contributed by atoms with Gasteiger partial charge in [0.2, 0.25) is 5.91 Å². The van der Waals surface area contributed by atoms with Crippen molar-refractivity contribution in [2.75, 3.05) is 0 Å². The third-order valence-corrected chi connectivity index (χ3v) is 5.76. The zero-order chi connectivity index (χ0) is 18.8. The van der Waals surface area contributed by atoms with Crippen LogP contribution in [0.25, 0.3) is 11.3 Å². The van der Waals surface area contributed by atoms with E-state index >= 15 is 0 Å². The van der Waals surface area contributed by atoms with E-state index in [1.807, 2.05) is 54.8 Å². The van der Waals surface area contributed by atoms with Crippen molar-refractivity contribution < 1.29 is 4.79 Å². The maximum Gasteiger partial charge on any atom is 0.308 e. The minimum absolute atomic E-state index is 0.0239. The molecule has 0 radical (unpaired) electrons. The van der Waals surface area contributed by atoms with Crippen molar-refractivity contribution in [3.8, 4) is 11.3 Å². The molecule has 27 heavy (non-hydrogen) atoms. The molecule has 1 aliphatic carbocycles. The molecule has 0 aliphatic heterocycles. The van der Waals surface area contributed by atoms with Gasteiger partial charge in [0.05, 0.1) is 11.7 Å². The van der Waals surface area contributed by atoms with Gasteiger partial charge in [-0.2, -0.15) is 0 Å². The molecule has 0 bridgehead atoms. The Morgan fingerprint density at radius 1 is 1.15 bits per heavy atom. The monoisotopic (exact) mass is 378 g/mol. The number of thiazole rings is 1. The lowest BCUT2D eigenvalue weighted by atomic mass is 10.0. The summed E-state index contributed by atoms with van der Waals surface area (Å²) < 4.78 is 1.57. The van der Waals surface area contributed by atoms with E-state index in [4.69, 9.17) is 0 Å². The molecule has 4 rings (SSSR count). The van der Waals surface area contributed by atoms with Crippen molar-refractivity contribution in [2.45, 2.75) is 32.4 Å². The van der Waals surface area contributed by atoms with E-state index in [0.29, 0.717) is 5.92 Å². The van der Waals surface area contributed by atoms with Crippen molar-refractivity contribution in [3.05, 3.63) is 80.8 Å². The number of aryl methyl sites for hydroxylation is 1. The molecule has 2 aromatic carbocycles. The molecule has 1 aliphatic rings. The van der Waals surface area contributed by atoms with Gasteiger partial charge in [-0.25, -0.2) is 0 Å². The van der Waals surface area contributed by atoms with Gasteiger partial charge in [-0.15, -0.1) is 0 Å². The van der Waals surface area contributed by atoms with Crippen molar-refractivity contribution >= 4 is 17.2 Å². The number of hydrogen-bond acceptors (Lipinski definition) is 3. The summed E-state index contributed by atoms with van der Waals surface area (Å²) in [6.45, 7) is 2.07. The van der Waals surface area contributed by atoms with Gasteiger partial charge >= 0.3 is 4.87 Å². The summed E-state index contributed by atoms with van der Waals surface area (Å²) in [7, 11) is 0. The molecule has 1 saturated carbocycles. The molecule has 5 heteroatoms. The quantitative estimate of drug-likeness (QED) is 0.700. The van der Waals surface area contributed by atoms with E-state index in [9.17, 15) is 9.59 Å². The molecule has 1 aromatic heterocycles. The smallest absolute Gasteiger partial charge is 0.308 e. The molecular formula is C22H22N2O2S. The number of nitrogens with zero attached hydrogens (tertiary/aromatic N) is 1. The molecule has 1 atom stereocenters. The second kappa shape index (κ2) is 7.53. The highest BCUT2D eigenvalue weighted by Gasteiger charge is 2.33. The van der Waals surface area contributed by atoms with E-state index in [2.05, 4.69) is 17.4 Å². The highest BCUT2D eigenvalue weighted by Crippen LogP contribution is 2.40. The number of carbonyl (C=O) groups is 1. The Labute approximate surface area is 162 Å². The van der Waals surface area contributed by atoms with Crippen LogP contribution in [0.15, 0.2) is 64.8 Å². The van der Waals surface area contributed by atoms with E-state index < -0.39 is 0 Å². The summed E-state index contributed by atoms with van der Waals surface area (Å²) in [4.78, 5) is 25.0. The normalized spacial score (nSPS) is 14.7. The standard InChI is InChI=1S/C22H22N2O2S/c1-15-7-9-16(10-8-15)19-14-27-22(26)24(19)13-20(25)23-21(18-11-12-18)17-5-3-2-4-6-17/h2-10,14,18,21H,11-13H2,1H3,(H,23,25). The topological polar surface area (TPSA) is 51.1 Å². The van der Waals surface area contributed by atoms with Crippen molar-refractivity contribution in [2.24, 2.45) is 5.92 Å². The third-order valence-electron chi connectivity index (χ3n) is 5.00. The average molecular weight is 378 g/mol. The zero-order valence-corrected chi connectivity index (χ0v) is 16.0. The third kappa shape index (κ3) is 4.03. The van der Waals surface area contributed by atoms with Crippen LogP contribution in [-0.4, -0.2) is 10.5 Å². The van der Waals surface area contributed by atoms with Gasteiger partial charge in [0.1, 0.15) is 6.54 Å². The molecule has 1 fully saturated rings. The summed E-state index contributed by atoms with van der Waals surface area (Å²) in [6.07, 6.45) is 2.26. The lowest BCUT2D eigenvalue weighted by Gasteiger charge is -2.19. The van der Waals surface area contributed by atoms with Gasteiger partial charge < -0.3 is 5.32 Å². The highest BCUT2D eigenvalue weighted by atomic mass is 32.1. The molecule has 0 saturated heterocycles. The second-order valence-electron chi connectivity index (χ2n) is 7.13. The SMILES string of the molecule is Cc1ccc(-c2csc(=O)n2CC(=O)NC(c2ccccc2)C2CC2)cc1. The number of nitrogens with one attached hydrogen (secondary N) is 1. The van der Waals surface area contributed by atoms with Gasteiger partial charge in [0.15, 0.2) is 0 Å². The van der Waals surface area contributed by atoms with Crippen LogP contribution in [0.2, 0.25) is 0 Å². The summed E-state index contributed by atoms with van der Waals surface area (Å²) in [5.41, 5.74) is 4.04. The van der Waals surface area contributed by atoms with Crippen LogP contribution >= 0.6 is 11.3 Å². The first-order chi connectivity index (χ1) is 13.1. The van der Waals surface area contributed by atoms with Crippen molar-refractivity contribution in [1.82, 2.24) is 9.88 Å². The highest BCUT2D eigenvalue weighted by molar-refractivity contribution is 7.07. The molecule has 1 N–H and O–H groups in total. The summed E-state index contributed by atoms with van der Waals surface area (Å²) in [5.74, 6) is 0.372. The molecule has 4 nitrogen and oxygen atoms in total. The Bertz CT molecular complexity index is 985. The molecule has 0 spiro atoms.